The number of hydrogen-bond donors (Lipinski definition) is 3. The molecule has 16 heavy (non-hydrogen) atoms. The van der Waals surface area contributed by atoms with Crippen molar-refractivity contribution in [2.75, 3.05) is 13.1 Å². The van der Waals surface area contributed by atoms with Crippen molar-refractivity contribution < 1.29 is 9.90 Å². The molecular weight excluding hydrogens is 204 g/mol. The summed E-state index contributed by atoms with van der Waals surface area (Å²) in [5, 5.41) is 12.7. The van der Waals surface area contributed by atoms with Crippen LogP contribution >= 0.6 is 0 Å². The quantitative estimate of drug-likeness (QED) is 0.661. The first-order valence-corrected chi connectivity index (χ1v) is 6.14. The summed E-state index contributed by atoms with van der Waals surface area (Å²) in [5.74, 6) is 0.194. The summed E-state index contributed by atoms with van der Waals surface area (Å²) in [6, 6.07) is 0. The third kappa shape index (κ3) is 3.46. The lowest BCUT2D eigenvalue weighted by Gasteiger charge is -2.29. The molecule has 1 fully saturated rings. The van der Waals surface area contributed by atoms with Crippen LogP contribution in [0.1, 0.15) is 39.5 Å². The van der Waals surface area contributed by atoms with E-state index in [9.17, 15) is 9.90 Å². The molecule has 0 bridgehead atoms. The van der Waals surface area contributed by atoms with E-state index >= 15 is 0 Å². The molecule has 4 nitrogen and oxygen atoms in total. The first-order valence-electron chi connectivity index (χ1n) is 6.14. The third-order valence-corrected chi connectivity index (χ3v) is 3.52. The Morgan fingerprint density at radius 3 is 2.62 bits per heavy atom. The Balaban J connectivity index is 2.36. The second kappa shape index (κ2) is 5.64. The molecule has 0 aliphatic heterocycles. The van der Waals surface area contributed by atoms with Crippen molar-refractivity contribution in [1.29, 1.82) is 0 Å². The summed E-state index contributed by atoms with van der Waals surface area (Å²) in [5.41, 5.74) is 5.02. The number of carbonyl (C=O) groups excluding carboxylic acids is 1. The Kier molecular flexibility index (Phi) is 4.74. The summed E-state index contributed by atoms with van der Waals surface area (Å²) in [6.07, 6.45) is 3.86. The second-order valence-corrected chi connectivity index (χ2v) is 5.41. The fourth-order valence-electron chi connectivity index (χ4n) is 1.98. The zero-order valence-corrected chi connectivity index (χ0v) is 10.3. The van der Waals surface area contributed by atoms with Gasteiger partial charge in [0, 0.05) is 19.0 Å². The Labute approximate surface area is 97.6 Å². The predicted octanol–water partition coefficient (Wildman–Crippen LogP) is 0.639. The SMILES string of the molecule is CC(C)(CN)C(=O)NCC1CCCCC1O. The molecule has 2 atom stereocenters. The van der Waals surface area contributed by atoms with Gasteiger partial charge >= 0.3 is 0 Å². The van der Waals surface area contributed by atoms with E-state index in [0.29, 0.717) is 13.1 Å². The molecule has 0 radical (unpaired) electrons. The van der Waals surface area contributed by atoms with Crippen LogP contribution in [0.15, 0.2) is 0 Å². The van der Waals surface area contributed by atoms with Gasteiger partial charge in [-0.1, -0.05) is 12.8 Å². The van der Waals surface area contributed by atoms with E-state index < -0.39 is 5.41 Å². The number of carbonyl (C=O) groups is 1. The summed E-state index contributed by atoms with van der Waals surface area (Å²) in [7, 11) is 0. The van der Waals surface area contributed by atoms with Gasteiger partial charge in [-0.3, -0.25) is 4.79 Å². The van der Waals surface area contributed by atoms with Gasteiger partial charge in [-0.15, -0.1) is 0 Å². The van der Waals surface area contributed by atoms with E-state index in [2.05, 4.69) is 5.32 Å². The van der Waals surface area contributed by atoms with Gasteiger partial charge in [0.2, 0.25) is 5.91 Å². The van der Waals surface area contributed by atoms with Crippen LogP contribution in [0, 0.1) is 11.3 Å². The first kappa shape index (κ1) is 13.5. The predicted molar refractivity (Wildman–Crippen MR) is 63.8 cm³/mol. The van der Waals surface area contributed by atoms with Crippen molar-refractivity contribution in [3.05, 3.63) is 0 Å². The Morgan fingerprint density at radius 2 is 2.06 bits per heavy atom. The zero-order valence-electron chi connectivity index (χ0n) is 10.3. The summed E-state index contributed by atoms with van der Waals surface area (Å²) >= 11 is 0. The average Bonchev–Trinajstić information content (AvgIpc) is 2.27. The Hall–Kier alpha value is -0.610. The monoisotopic (exact) mass is 228 g/mol. The summed E-state index contributed by atoms with van der Waals surface area (Å²) in [6.45, 7) is 4.58. The molecule has 1 saturated carbocycles. The van der Waals surface area contributed by atoms with Crippen molar-refractivity contribution in [3.8, 4) is 0 Å². The van der Waals surface area contributed by atoms with Crippen molar-refractivity contribution in [3.63, 3.8) is 0 Å². The van der Waals surface area contributed by atoms with Crippen molar-refractivity contribution in [1.82, 2.24) is 5.32 Å². The first-order chi connectivity index (χ1) is 7.47. The highest BCUT2D eigenvalue weighted by Crippen LogP contribution is 2.24. The molecule has 1 aliphatic rings. The van der Waals surface area contributed by atoms with Gasteiger partial charge in [0.25, 0.3) is 0 Å². The van der Waals surface area contributed by atoms with E-state index in [4.69, 9.17) is 5.73 Å². The van der Waals surface area contributed by atoms with Gasteiger partial charge in [0.1, 0.15) is 0 Å². The van der Waals surface area contributed by atoms with Crippen LogP contribution in [0.3, 0.4) is 0 Å². The van der Waals surface area contributed by atoms with Gasteiger partial charge in [0.05, 0.1) is 11.5 Å². The molecule has 0 heterocycles. The van der Waals surface area contributed by atoms with Gasteiger partial charge in [-0.05, 0) is 26.7 Å². The number of nitrogens with two attached hydrogens (primary N) is 1. The number of nitrogens with one attached hydrogen (secondary N) is 1. The molecule has 0 aromatic heterocycles. The van der Waals surface area contributed by atoms with Gasteiger partial charge < -0.3 is 16.2 Å². The smallest absolute Gasteiger partial charge is 0.226 e. The third-order valence-electron chi connectivity index (χ3n) is 3.52. The molecule has 0 aromatic rings. The number of rotatable bonds is 4. The molecular formula is C12H24N2O2. The summed E-state index contributed by atoms with van der Waals surface area (Å²) in [4.78, 5) is 11.8. The topological polar surface area (TPSA) is 75.4 Å². The van der Waals surface area contributed by atoms with Crippen LogP contribution in [-0.4, -0.2) is 30.2 Å². The maximum atomic E-state index is 11.8. The van der Waals surface area contributed by atoms with Gasteiger partial charge in [-0.2, -0.15) is 0 Å². The van der Waals surface area contributed by atoms with Crippen LogP contribution in [0.4, 0.5) is 0 Å². The van der Waals surface area contributed by atoms with Crippen LogP contribution in [0.25, 0.3) is 0 Å². The molecule has 0 saturated heterocycles. The van der Waals surface area contributed by atoms with Crippen LogP contribution in [0.5, 0.6) is 0 Å². The average molecular weight is 228 g/mol. The lowest BCUT2D eigenvalue weighted by molar-refractivity contribution is -0.129. The molecule has 1 rings (SSSR count). The van der Waals surface area contributed by atoms with Gasteiger partial charge in [-0.25, -0.2) is 0 Å². The van der Waals surface area contributed by atoms with E-state index in [1.807, 2.05) is 13.8 Å². The van der Waals surface area contributed by atoms with Crippen molar-refractivity contribution >= 4 is 5.91 Å². The summed E-state index contributed by atoms with van der Waals surface area (Å²) < 4.78 is 0. The minimum atomic E-state index is -0.514. The Morgan fingerprint density at radius 1 is 1.44 bits per heavy atom. The number of hydrogen-bond acceptors (Lipinski definition) is 3. The molecule has 1 aliphatic carbocycles. The van der Waals surface area contributed by atoms with E-state index in [1.165, 1.54) is 0 Å². The minimum Gasteiger partial charge on any atom is -0.393 e. The number of aliphatic hydroxyl groups excluding tert-OH is 1. The molecule has 4 heteroatoms. The normalized spacial score (nSPS) is 26.5. The fourth-order valence-corrected chi connectivity index (χ4v) is 1.98. The highest BCUT2D eigenvalue weighted by atomic mass is 16.3. The van der Waals surface area contributed by atoms with Crippen LogP contribution < -0.4 is 11.1 Å². The second-order valence-electron chi connectivity index (χ2n) is 5.41. The fraction of sp³-hybridized carbons (Fsp3) is 0.917. The van der Waals surface area contributed by atoms with Crippen LogP contribution in [-0.2, 0) is 4.79 Å². The van der Waals surface area contributed by atoms with Gasteiger partial charge in [0.15, 0.2) is 0 Å². The maximum Gasteiger partial charge on any atom is 0.226 e. The lowest BCUT2D eigenvalue weighted by atomic mass is 9.86. The number of aliphatic hydroxyl groups is 1. The lowest BCUT2D eigenvalue weighted by Crippen LogP contribution is -2.45. The maximum absolute atomic E-state index is 11.8. The highest BCUT2D eigenvalue weighted by Gasteiger charge is 2.28. The molecule has 94 valence electrons. The molecule has 0 aromatic carbocycles. The standard InChI is InChI=1S/C12H24N2O2/c1-12(2,8-13)11(16)14-7-9-5-3-4-6-10(9)15/h9-10,15H,3-8,13H2,1-2H3,(H,14,16). The minimum absolute atomic E-state index is 0.0206. The highest BCUT2D eigenvalue weighted by molar-refractivity contribution is 5.82. The zero-order chi connectivity index (χ0) is 12.2. The largest absolute Gasteiger partial charge is 0.393 e. The van der Waals surface area contributed by atoms with Crippen molar-refractivity contribution in [2.45, 2.75) is 45.6 Å². The van der Waals surface area contributed by atoms with Crippen LogP contribution in [0.2, 0.25) is 0 Å². The molecule has 2 unspecified atom stereocenters. The Bertz CT molecular complexity index is 241. The molecule has 1 amide bonds. The van der Waals surface area contributed by atoms with E-state index in [0.717, 1.165) is 25.7 Å². The van der Waals surface area contributed by atoms with E-state index in [1.54, 1.807) is 0 Å². The van der Waals surface area contributed by atoms with E-state index in [-0.39, 0.29) is 17.9 Å². The molecule has 0 spiro atoms. The molecule has 4 N–H and O–H groups in total. The number of amides is 1. The van der Waals surface area contributed by atoms with Crippen molar-refractivity contribution in [2.24, 2.45) is 17.1 Å².